The van der Waals surface area contributed by atoms with E-state index in [4.69, 9.17) is 10.5 Å². The molecule has 0 radical (unpaired) electrons. The Balaban J connectivity index is 2.21. The Hall–Kier alpha value is -0.490. The van der Waals surface area contributed by atoms with Gasteiger partial charge in [0.25, 0.3) is 0 Å². The van der Waals surface area contributed by atoms with E-state index in [1.54, 1.807) is 11.3 Å². The van der Waals surface area contributed by atoms with Crippen molar-refractivity contribution in [1.82, 2.24) is 4.98 Å². The first-order valence-electron chi connectivity index (χ1n) is 5.06. The molecule has 1 aliphatic rings. The second-order valence-electron chi connectivity index (χ2n) is 4.06. The minimum atomic E-state index is -0.602. The molecule has 4 nitrogen and oxygen atoms in total. The fourth-order valence-corrected chi connectivity index (χ4v) is 2.56. The molecular formula is C10H16N2O2S. The molecule has 0 bridgehead atoms. The smallest absolute Gasteiger partial charge is 0.106 e. The zero-order valence-electron chi connectivity index (χ0n) is 8.77. The summed E-state index contributed by atoms with van der Waals surface area (Å²) in [6.07, 6.45) is 0.205. The molecule has 2 atom stereocenters. The van der Waals surface area contributed by atoms with Crippen LogP contribution in [0.2, 0.25) is 0 Å². The second kappa shape index (κ2) is 4.17. The van der Waals surface area contributed by atoms with Gasteiger partial charge in [0.05, 0.1) is 17.3 Å². The molecule has 2 unspecified atom stereocenters. The highest BCUT2D eigenvalue weighted by Crippen LogP contribution is 2.40. The Morgan fingerprint density at radius 1 is 1.80 bits per heavy atom. The van der Waals surface area contributed by atoms with Crippen LogP contribution in [-0.4, -0.2) is 29.8 Å². The van der Waals surface area contributed by atoms with E-state index < -0.39 is 6.10 Å². The fraction of sp³-hybridized carbons (Fsp3) is 0.700. The van der Waals surface area contributed by atoms with E-state index in [0.29, 0.717) is 19.8 Å². The summed E-state index contributed by atoms with van der Waals surface area (Å²) in [7, 11) is 0. The summed E-state index contributed by atoms with van der Waals surface area (Å²) < 4.78 is 5.34. The topological polar surface area (TPSA) is 68.4 Å². The molecule has 1 fully saturated rings. The van der Waals surface area contributed by atoms with Crippen molar-refractivity contribution >= 4 is 11.3 Å². The predicted molar refractivity (Wildman–Crippen MR) is 58.7 cm³/mol. The molecule has 0 aliphatic carbocycles. The van der Waals surface area contributed by atoms with Crippen LogP contribution in [0.25, 0.3) is 0 Å². The van der Waals surface area contributed by atoms with Gasteiger partial charge in [0.2, 0.25) is 0 Å². The van der Waals surface area contributed by atoms with Crippen LogP contribution in [0, 0.1) is 12.3 Å². The van der Waals surface area contributed by atoms with Crippen LogP contribution in [-0.2, 0) is 4.74 Å². The van der Waals surface area contributed by atoms with Gasteiger partial charge in [0.1, 0.15) is 6.10 Å². The van der Waals surface area contributed by atoms with Gasteiger partial charge in [0, 0.05) is 23.9 Å². The van der Waals surface area contributed by atoms with Gasteiger partial charge >= 0.3 is 0 Å². The van der Waals surface area contributed by atoms with Gasteiger partial charge in [-0.15, -0.1) is 11.3 Å². The molecule has 0 amide bonds. The number of aromatic nitrogens is 1. The van der Waals surface area contributed by atoms with Gasteiger partial charge in [-0.05, 0) is 13.3 Å². The van der Waals surface area contributed by atoms with E-state index in [0.717, 1.165) is 17.1 Å². The van der Waals surface area contributed by atoms with E-state index in [1.165, 1.54) is 0 Å². The number of nitrogens with zero attached hydrogens (tertiary/aromatic N) is 1. The highest BCUT2D eigenvalue weighted by atomic mass is 32.1. The summed E-state index contributed by atoms with van der Waals surface area (Å²) in [5.41, 5.74) is 6.15. The fourth-order valence-electron chi connectivity index (χ4n) is 1.93. The molecule has 1 aromatic rings. The van der Waals surface area contributed by atoms with E-state index in [1.807, 2.05) is 12.3 Å². The molecule has 0 saturated carbocycles. The van der Waals surface area contributed by atoms with Gasteiger partial charge < -0.3 is 15.6 Å². The number of aliphatic hydroxyl groups is 1. The van der Waals surface area contributed by atoms with Crippen LogP contribution in [0.4, 0.5) is 0 Å². The van der Waals surface area contributed by atoms with Crippen molar-refractivity contribution in [3.8, 4) is 0 Å². The third-order valence-corrected chi connectivity index (χ3v) is 3.83. The first-order chi connectivity index (χ1) is 7.18. The summed E-state index contributed by atoms with van der Waals surface area (Å²) in [5.74, 6) is 0. The maximum Gasteiger partial charge on any atom is 0.106 e. The van der Waals surface area contributed by atoms with E-state index in [-0.39, 0.29) is 5.41 Å². The monoisotopic (exact) mass is 228 g/mol. The largest absolute Gasteiger partial charge is 0.386 e. The van der Waals surface area contributed by atoms with Gasteiger partial charge in [-0.25, -0.2) is 4.98 Å². The zero-order valence-corrected chi connectivity index (χ0v) is 9.59. The molecule has 2 rings (SSSR count). The van der Waals surface area contributed by atoms with Gasteiger partial charge in [-0.2, -0.15) is 0 Å². The minimum absolute atomic E-state index is 0.333. The standard InChI is InChI=1S/C10H16N2O2S/c1-7-12-8(4-15-7)9(13)10(5-11)2-3-14-6-10/h4,9,13H,2-3,5-6,11H2,1H3. The lowest BCUT2D eigenvalue weighted by Gasteiger charge is -2.30. The number of hydrogen-bond acceptors (Lipinski definition) is 5. The van der Waals surface area contributed by atoms with Crippen molar-refractivity contribution in [3.05, 3.63) is 16.1 Å². The number of thiazole rings is 1. The lowest BCUT2D eigenvalue weighted by Crippen LogP contribution is -2.37. The molecule has 3 N–H and O–H groups in total. The number of hydrogen-bond donors (Lipinski definition) is 2. The van der Waals surface area contributed by atoms with Crippen LogP contribution in [0.1, 0.15) is 23.2 Å². The first-order valence-corrected chi connectivity index (χ1v) is 5.94. The lowest BCUT2D eigenvalue weighted by molar-refractivity contribution is 0.0165. The van der Waals surface area contributed by atoms with Crippen molar-refractivity contribution in [2.75, 3.05) is 19.8 Å². The normalized spacial score (nSPS) is 28.2. The van der Waals surface area contributed by atoms with Crippen molar-refractivity contribution in [1.29, 1.82) is 0 Å². The van der Waals surface area contributed by atoms with Crippen molar-refractivity contribution in [2.24, 2.45) is 11.1 Å². The number of aliphatic hydroxyl groups excluding tert-OH is 1. The second-order valence-corrected chi connectivity index (χ2v) is 5.13. The summed E-state index contributed by atoms with van der Waals surface area (Å²) in [6, 6.07) is 0. The Morgan fingerprint density at radius 2 is 2.60 bits per heavy atom. The molecule has 2 heterocycles. The Labute approximate surface area is 93.1 Å². The molecule has 84 valence electrons. The Bertz CT molecular complexity index is 334. The number of ether oxygens (including phenoxy) is 1. The van der Waals surface area contributed by atoms with Gasteiger partial charge in [0.15, 0.2) is 0 Å². The summed E-state index contributed by atoms with van der Waals surface area (Å²) in [6.45, 7) is 3.57. The van der Waals surface area contributed by atoms with E-state index in [9.17, 15) is 5.11 Å². The van der Waals surface area contributed by atoms with Crippen LogP contribution in [0.3, 0.4) is 0 Å². The molecule has 5 heteroatoms. The minimum Gasteiger partial charge on any atom is -0.386 e. The predicted octanol–water partition coefficient (Wildman–Crippen LogP) is 0.850. The molecule has 0 spiro atoms. The molecule has 1 saturated heterocycles. The third-order valence-electron chi connectivity index (χ3n) is 3.04. The lowest BCUT2D eigenvalue weighted by atomic mass is 9.80. The first kappa shape index (κ1) is 11.0. The average molecular weight is 228 g/mol. The molecule has 15 heavy (non-hydrogen) atoms. The molecule has 1 aromatic heterocycles. The SMILES string of the molecule is Cc1nc(C(O)C2(CN)CCOC2)cs1. The van der Waals surface area contributed by atoms with Crippen molar-refractivity contribution < 1.29 is 9.84 Å². The van der Waals surface area contributed by atoms with Crippen LogP contribution >= 0.6 is 11.3 Å². The summed E-state index contributed by atoms with van der Waals surface area (Å²) in [4.78, 5) is 4.31. The molecular weight excluding hydrogens is 212 g/mol. The number of rotatable bonds is 3. The van der Waals surface area contributed by atoms with E-state index >= 15 is 0 Å². The Morgan fingerprint density at radius 3 is 3.07 bits per heavy atom. The quantitative estimate of drug-likeness (QED) is 0.805. The summed E-state index contributed by atoms with van der Waals surface area (Å²) >= 11 is 1.55. The third kappa shape index (κ3) is 1.92. The summed E-state index contributed by atoms with van der Waals surface area (Å²) in [5, 5.41) is 13.1. The Kier molecular flexibility index (Phi) is 3.06. The van der Waals surface area contributed by atoms with Crippen LogP contribution < -0.4 is 5.73 Å². The molecule has 0 aromatic carbocycles. The van der Waals surface area contributed by atoms with Gasteiger partial charge in [-0.1, -0.05) is 0 Å². The highest BCUT2D eigenvalue weighted by molar-refractivity contribution is 7.09. The maximum atomic E-state index is 10.3. The van der Waals surface area contributed by atoms with E-state index in [2.05, 4.69) is 4.98 Å². The van der Waals surface area contributed by atoms with Crippen molar-refractivity contribution in [2.45, 2.75) is 19.4 Å². The maximum absolute atomic E-state index is 10.3. The molecule has 1 aliphatic heterocycles. The van der Waals surface area contributed by atoms with Crippen LogP contribution in [0.15, 0.2) is 5.38 Å². The zero-order chi connectivity index (χ0) is 10.9. The average Bonchev–Trinajstić information content (AvgIpc) is 2.86. The highest BCUT2D eigenvalue weighted by Gasteiger charge is 2.42. The van der Waals surface area contributed by atoms with Gasteiger partial charge in [-0.3, -0.25) is 0 Å². The number of nitrogens with two attached hydrogens (primary N) is 1. The number of aryl methyl sites for hydroxylation is 1. The van der Waals surface area contributed by atoms with Crippen molar-refractivity contribution in [3.63, 3.8) is 0 Å². The van der Waals surface area contributed by atoms with Crippen LogP contribution in [0.5, 0.6) is 0 Å².